The van der Waals surface area contributed by atoms with Gasteiger partial charge in [0.15, 0.2) is 0 Å². The molecular weight excluding hydrogens is 212 g/mol. The topological polar surface area (TPSA) is 44.9 Å². The molecule has 3 nitrogen and oxygen atoms in total. The highest BCUT2D eigenvalue weighted by Crippen LogP contribution is 2.13. The summed E-state index contributed by atoms with van der Waals surface area (Å²) in [6, 6.07) is 7.60. The molecule has 0 aliphatic heterocycles. The number of nitrogens with one attached hydrogen (secondary N) is 2. The molecule has 86 valence electrons. The molecule has 0 saturated carbocycles. The van der Waals surface area contributed by atoms with E-state index >= 15 is 0 Å². The second-order valence-electron chi connectivity index (χ2n) is 3.71. The third kappa shape index (κ3) is 2.67. The number of benzene rings is 1. The number of hydrogen-bond donors (Lipinski definition) is 2. The first-order valence-corrected chi connectivity index (χ1v) is 5.56. The second-order valence-corrected chi connectivity index (χ2v) is 3.71. The standard InChI is InChI=1S/C14H14N2O/c1-2-3-4-8-16-14(17)12-6-5-11-7-9-15-13(11)10-12/h5-7,9-10,15H,4,8H2,1H3,(H,16,17). The van der Waals surface area contributed by atoms with Crippen LogP contribution >= 0.6 is 0 Å². The van der Waals surface area contributed by atoms with Crippen molar-refractivity contribution >= 4 is 16.8 Å². The van der Waals surface area contributed by atoms with E-state index < -0.39 is 0 Å². The first kappa shape index (κ1) is 11.3. The molecule has 0 unspecified atom stereocenters. The summed E-state index contributed by atoms with van der Waals surface area (Å²) in [6.07, 6.45) is 2.55. The first-order valence-electron chi connectivity index (χ1n) is 5.56. The van der Waals surface area contributed by atoms with Gasteiger partial charge >= 0.3 is 0 Å². The average Bonchev–Trinajstić information content (AvgIpc) is 2.81. The molecule has 2 N–H and O–H groups in total. The Labute approximate surface area is 100 Å². The molecule has 3 heteroatoms. The van der Waals surface area contributed by atoms with Crippen LogP contribution in [0.25, 0.3) is 10.9 Å². The molecular formula is C14H14N2O. The third-order valence-corrected chi connectivity index (χ3v) is 2.53. The Morgan fingerprint density at radius 3 is 3.12 bits per heavy atom. The van der Waals surface area contributed by atoms with E-state index in [-0.39, 0.29) is 5.91 Å². The summed E-state index contributed by atoms with van der Waals surface area (Å²) >= 11 is 0. The zero-order valence-corrected chi connectivity index (χ0v) is 9.71. The predicted octanol–water partition coefficient (Wildman–Crippen LogP) is 2.31. The molecule has 2 aromatic rings. The van der Waals surface area contributed by atoms with Crippen molar-refractivity contribution < 1.29 is 4.79 Å². The predicted molar refractivity (Wildman–Crippen MR) is 68.7 cm³/mol. The molecule has 0 radical (unpaired) electrons. The van der Waals surface area contributed by atoms with E-state index in [1.807, 2.05) is 30.5 Å². The quantitative estimate of drug-likeness (QED) is 0.612. The third-order valence-electron chi connectivity index (χ3n) is 2.53. The van der Waals surface area contributed by atoms with Gasteiger partial charge in [-0.15, -0.1) is 11.8 Å². The number of hydrogen-bond acceptors (Lipinski definition) is 1. The molecule has 1 aromatic heterocycles. The van der Waals surface area contributed by atoms with E-state index in [0.717, 1.165) is 10.9 Å². The van der Waals surface area contributed by atoms with Crippen LogP contribution in [0.5, 0.6) is 0 Å². The van der Waals surface area contributed by atoms with Crippen molar-refractivity contribution in [1.29, 1.82) is 0 Å². The highest BCUT2D eigenvalue weighted by Gasteiger charge is 2.05. The normalized spacial score (nSPS) is 9.71. The monoisotopic (exact) mass is 226 g/mol. The maximum Gasteiger partial charge on any atom is 0.251 e. The number of aromatic amines is 1. The summed E-state index contributed by atoms with van der Waals surface area (Å²) < 4.78 is 0. The fourth-order valence-electron chi connectivity index (χ4n) is 1.65. The average molecular weight is 226 g/mol. The van der Waals surface area contributed by atoms with Crippen molar-refractivity contribution in [2.24, 2.45) is 0 Å². The Balaban J connectivity index is 2.04. The minimum Gasteiger partial charge on any atom is -0.361 e. The molecule has 1 amide bonds. The Kier molecular flexibility index (Phi) is 3.46. The van der Waals surface area contributed by atoms with E-state index in [9.17, 15) is 4.79 Å². The van der Waals surface area contributed by atoms with Crippen LogP contribution in [0.3, 0.4) is 0 Å². The molecule has 0 spiro atoms. The van der Waals surface area contributed by atoms with E-state index in [4.69, 9.17) is 0 Å². The highest BCUT2D eigenvalue weighted by molar-refractivity contribution is 5.97. The Hall–Kier alpha value is -2.21. The van der Waals surface area contributed by atoms with Crippen LogP contribution in [-0.2, 0) is 0 Å². The van der Waals surface area contributed by atoms with Gasteiger partial charge in [0, 0.05) is 30.2 Å². The van der Waals surface area contributed by atoms with E-state index in [0.29, 0.717) is 18.5 Å². The minimum absolute atomic E-state index is 0.0561. The Morgan fingerprint density at radius 1 is 1.41 bits per heavy atom. The number of carbonyl (C=O) groups excluding carboxylic acids is 1. The number of H-pyrrole nitrogens is 1. The van der Waals surface area contributed by atoms with Crippen molar-refractivity contribution in [2.45, 2.75) is 13.3 Å². The van der Waals surface area contributed by atoms with Crippen LogP contribution in [-0.4, -0.2) is 17.4 Å². The van der Waals surface area contributed by atoms with Gasteiger partial charge in [0.05, 0.1) is 0 Å². The van der Waals surface area contributed by atoms with Gasteiger partial charge in [-0.1, -0.05) is 6.07 Å². The molecule has 0 bridgehead atoms. The number of amides is 1. The maximum absolute atomic E-state index is 11.8. The van der Waals surface area contributed by atoms with Gasteiger partial charge in [-0.05, 0) is 30.5 Å². The summed E-state index contributed by atoms with van der Waals surface area (Å²) in [5.74, 6) is 5.65. The molecule has 1 aromatic carbocycles. The summed E-state index contributed by atoms with van der Waals surface area (Å²) in [5.41, 5.74) is 1.65. The van der Waals surface area contributed by atoms with E-state index in [1.165, 1.54) is 0 Å². The number of carbonyl (C=O) groups is 1. The van der Waals surface area contributed by atoms with Crippen molar-refractivity contribution in [2.75, 3.05) is 6.54 Å². The van der Waals surface area contributed by atoms with E-state index in [2.05, 4.69) is 22.1 Å². The van der Waals surface area contributed by atoms with E-state index in [1.54, 1.807) is 6.92 Å². The van der Waals surface area contributed by atoms with Gasteiger partial charge in [0.25, 0.3) is 5.91 Å². The van der Waals surface area contributed by atoms with Crippen LogP contribution < -0.4 is 5.32 Å². The van der Waals surface area contributed by atoms with Crippen molar-refractivity contribution in [1.82, 2.24) is 10.3 Å². The number of aromatic nitrogens is 1. The molecule has 1 heterocycles. The smallest absolute Gasteiger partial charge is 0.251 e. The van der Waals surface area contributed by atoms with Crippen LogP contribution in [0.1, 0.15) is 23.7 Å². The number of rotatable bonds is 3. The lowest BCUT2D eigenvalue weighted by atomic mass is 10.1. The summed E-state index contributed by atoms with van der Waals surface area (Å²) in [7, 11) is 0. The van der Waals surface area contributed by atoms with Crippen molar-refractivity contribution in [3.8, 4) is 11.8 Å². The van der Waals surface area contributed by atoms with Gasteiger partial charge in [-0.3, -0.25) is 4.79 Å². The zero-order chi connectivity index (χ0) is 12.1. The van der Waals surface area contributed by atoms with Gasteiger partial charge in [0.1, 0.15) is 0 Å². The second kappa shape index (κ2) is 5.22. The molecule has 2 rings (SSSR count). The SMILES string of the molecule is CC#CCCNC(=O)c1ccc2cc[nH]c2c1. The highest BCUT2D eigenvalue weighted by atomic mass is 16.1. The summed E-state index contributed by atoms with van der Waals surface area (Å²) in [6.45, 7) is 2.38. The van der Waals surface area contributed by atoms with Crippen LogP contribution in [0, 0.1) is 11.8 Å². The van der Waals surface area contributed by atoms with Gasteiger partial charge < -0.3 is 10.3 Å². The Morgan fingerprint density at radius 2 is 2.29 bits per heavy atom. The largest absolute Gasteiger partial charge is 0.361 e. The fourth-order valence-corrected chi connectivity index (χ4v) is 1.65. The summed E-state index contributed by atoms with van der Waals surface area (Å²) in [4.78, 5) is 14.9. The van der Waals surface area contributed by atoms with Crippen LogP contribution in [0.4, 0.5) is 0 Å². The molecule has 17 heavy (non-hydrogen) atoms. The fraction of sp³-hybridized carbons (Fsp3) is 0.214. The van der Waals surface area contributed by atoms with Crippen LogP contribution in [0.15, 0.2) is 30.5 Å². The lowest BCUT2D eigenvalue weighted by molar-refractivity contribution is 0.0954. The molecule has 0 saturated heterocycles. The van der Waals surface area contributed by atoms with Crippen LogP contribution in [0.2, 0.25) is 0 Å². The lowest BCUT2D eigenvalue weighted by Crippen LogP contribution is -2.24. The minimum atomic E-state index is -0.0561. The Bertz CT molecular complexity index is 587. The van der Waals surface area contributed by atoms with Gasteiger partial charge in [0.2, 0.25) is 0 Å². The first-order chi connectivity index (χ1) is 8.31. The molecule has 0 fully saturated rings. The van der Waals surface area contributed by atoms with Gasteiger partial charge in [-0.2, -0.15) is 0 Å². The van der Waals surface area contributed by atoms with Crippen molar-refractivity contribution in [3.05, 3.63) is 36.0 Å². The number of fused-ring (bicyclic) bond motifs is 1. The van der Waals surface area contributed by atoms with Gasteiger partial charge in [-0.25, -0.2) is 0 Å². The maximum atomic E-state index is 11.8. The van der Waals surface area contributed by atoms with Crippen molar-refractivity contribution in [3.63, 3.8) is 0 Å². The summed E-state index contributed by atoms with van der Waals surface area (Å²) in [5, 5.41) is 3.94. The molecule has 0 aliphatic carbocycles. The zero-order valence-electron chi connectivity index (χ0n) is 9.71. The molecule has 0 atom stereocenters. The lowest BCUT2D eigenvalue weighted by Gasteiger charge is -2.03. The molecule has 0 aliphatic rings.